The highest BCUT2D eigenvalue weighted by Crippen LogP contribution is 2.32. The Morgan fingerprint density at radius 1 is 1.56 bits per heavy atom. The molecule has 2 rings (SSSR count). The molecule has 1 aromatic heterocycles. The molecule has 1 aliphatic carbocycles. The number of thiophene rings is 1. The van der Waals surface area contributed by atoms with Crippen molar-refractivity contribution in [3.63, 3.8) is 0 Å². The first-order valence-electron chi connectivity index (χ1n) is 5.28. The highest BCUT2D eigenvalue weighted by atomic mass is 32.2. The summed E-state index contributed by atoms with van der Waals surface area (Å²) in [6, 6.07) is 1.64. The van der Waals surface area contributed by atoms with Crippen LogP contribution < -0.4 is 5.73 Å². The van der Waals surface area contributed by atoms with Gasteiger partial charge in [0.2, 0.25) is 10.0 Å². The van der Waals surface area contributed by atoms with E-state index in [0.717, 1.165) is 17.7 Å². The summed E-state index contributed by atoms with van der Waals surface area (Å²) in [5.74, 6) is 0.555. The zero-order valence-corrected chi connectivity index (χ0v) is 10.9. The Kier molecular flexibility index (Phi) is 3.34. The van der Waals surface area contributed by atoms with Crippen molar-refractivity contribution in [3.05, 3.63) is 16.3 Å². The Hall–Kier alpha value is -0.430. The number of rotatable bonds is 5. The first kappa shape index (κ1) is 12.0. The minimum atomic E-state index is -3.33. The number of hydrogen-bond acceptors (Lipinski definition) is 4. The topological polar surface area (TPSA) is 63.4 Å². The van der Waals surface area contributed by atoms with Crippen molar-refractivity contribution in [2.75, 3.05) is 13.6 Å². The van der Waals surface area contributed by atoms with Crippen molar-refractivity contribution < 1.29 is 8.42 Å². The van der Waals surface area contributed by atoms with Crippen molar-refractivity contribution in [1.29, 1.82) is 0 Å². The van der Waals surface area contributed by atoms with E-state index >= 15 is 0 Å². The smallest absolute Gasteiger partial charge is 0.243 e. The summed E-state index contributed by atoms with van der Waals surface area (Å²) in [4.78, 5) is 1.12. The fourth-order valence-corrected chi connectivity index (χ4v) is 4.19. The molecule has 0 atom stereocenters. The van der Waals surface area contributed by atoms with Crippen molar-refractivity contribution in [2.24, 2.45) is 11.7 Å². The maximum absolute atomic E-state index is 12.2. The first-order chi connectivity index (χ1) is 7.55. The molecule has 2 N–H and O–H groups in total. The Labute approximate surface area is 100 Å². The molecule has 6 heteroatoms. The van der Waals surface area contributed by atoms with Crippen molar-refractivity contribution in [1.82, 2.24) is 4.31 Å². The van der Waals surface area contributed by atoms with E-state index in [2.05, 4.69) is 0 Å². The van der Waals surface area contributed by atoms with Crippen LogP contribution in [0.25, 0.3) is 0 Å². The molecular formula is C10H16N2O2S2. The monoisotopic (exact) mass is 260 g/mol. The van der Waals surface area contributed by atoms with Crippen LogP contribution in [0.2, 0.25) is 0 Å². The molecule has 0 aliphatic heterocycles. The van der Waals surface area contributed by atoms with Crippen LogP contribution in [0.4, 0.5) is 0 Å². The molecule has 90 valence electrons. The van der Waals surface area contributed by atoms with E-state index in [4.69, 9.17) is 5.73 Å². The van der Waals surface area contributed by atoms with Crippen LogP contribution in [0.15, 0.2) is 16.3 Å². The molecule has 0 spiro atoms. The summed E-state index contributed by atoms with van der Waals surface area (Å²) in [6.45, 7) is 0.908. The van der Waals surface area contributed by atoms with Gasteiger partial charge in [-0.3, -0.25) is 0 Å². The highest BCUT2D eigenvalue weighted by Gasteiger charge is 2.30. The summed E-state index contributed by atoms with van der Waals surface area (Å²) in [6.07, 6.45) is 2.29. The largest absolute Gasteiger partial charge is 0.326 e. The molecule has 0 bridgehead atoms. The molecule has 1 fully saturated rings. The van der Waals surface area contributed by atoms with Gasteiger partial charge in [0.1, 0.15) is 0 Å². The third-order valence-electron chi connectivity index (χ3n) is 2.79. The predicted molar refractivity (Wildman–Crippen MR) is 64.8 cm³/mol. The molecule has 1 aliphatic rings. The molecule has 1 heterocycles. The fraction of sp³-hybridized carbons (Fsp3) is 0.600. The second-order valence-electron chi connectivity index (χ2n) is 4.14. The van der Waals surface area contributed by atoms with Gasteiger partial charge in [0.05, 0.1) is 4.90 Å². The summed E-state index contributed by atoms with van der Waals surface area (Å²) >= 11 is 1.40. The lowest BCUT2D eigenvalue weighted by atomic mass is 10.4. The van der Waals surface area contributed by atoms with Crippen LogP contribution in [-0.4, -0.2) is 26.3 Å². The predicted octanol–water partition coefficient (Wildman–Crippen LogP) is 1.24. The molecular weight excluding hydrogens is 244 g/mol. The molecule has 1 saturated carbocycles. The Bertz CT molecular complexity index is 463. The van der Waals surface area contributed by atoms with Gasteiger partial charge in [-0.1, -0.05) is 0 Å². The van der Waals surface area contributed by atoms with Crippen LogP contribution in [0.5, 0.6) is 0 Å². The van der Waals surface area contributed by atoms with Crippen LogP contribution in [0.3, 0.4) is 0 Å². The lowest BCUT2D eigenvalue weighted by Gasteiger charge is -2.16. The van der Waals surface area contributed by atoms with E-state index in [1.807, 2.05) is 0 Å². The van der Waals surface area contributed by atoms with E-state index in [1.54, 1.807) is 18.5 Å². The minimum Gasteiger partial charge on any atom is -0.326 e. The number of hydrogen-bond donors (Lipinski definition) is 1. The molecule has 0 unspecified atom stereocenters. The maximum atomic E-state index is 12.2. The summed E-state index contributed by atoms with van der Waals surface area (Å²) in [5, 5.41) is 1.78. The fourth-order valence-electron chi connectivity index (χ4n) is 1.64. The molecule has 1 aromatic rings. The normalized spacial score (nSPS) is 16.9. The summed E-state index contributed by atoms with van der Waals surface area (Å²) < 4.78 is 25.9. The van der Waals surface area contributed by atoms with Gasteiger partial charge in [0, 0.05) is 25.0 Å². The molecule has 0 radical (unpaired) electrons. The molecule has 0 saturated heterocycles. The van der Waals surface area contributed by atoms with Crippen LogP contribution in [0, 0.1) is 5.92 Å². The van der Waals surface area contributed by atoms with Crippen molar-refractivity contribution >= 4 is 21.4 Å². The van der Waals surface area contributed by atoms with Crippen molar-refractivity contribution in [2.45, 2.75) is 24.3 Å². The van der Waals surface area contributed by atoms with Gasteiger partial charge in [-0.25, -0.2) is 12.7 Å². The Balaban J connectivity index is 2.23. The quantitative estimate of drug-likeness (QED) is 0.866. The average molecular weight is 260 g/mol. The zero-order chi connectivity index (χ0) is 11.8. The van der Waals surface area contributed by atoms with Gasteiger partial charge < -0.3 is 5.73 Å². The Morgan fingerprint density at radius 2 is 2.25 bits per heavy atom. The SMILES string of the molecule is CN(CC1CC1)S(=O)(=O)c1ccsc1CN. The summed E-state index contributed by atoms with van der Waals surface area (Å²) in [5.41, 5.74) is 5.53. The number of nitrogens with zero attached hydrogens (tertiary/aromatic N) is 1. The Morgan fingerprint density at radius 3 is 2.81 bits per heavy atom. The lowest BCUT2D eigenvalue weighted by Crippen LogP contribution is -2.29. The second kappa shape index (κ2) is 4.44. The van der Waals surface area contributed by atoms with Crippen molar-refractivity contribution in [3.8, 4) is 0 Å². The number of sulfonamides is 1. The van der Waals surface area contributed by atoms with Crippen LogP contribution in [0.1, 0.15) is 17.7 Å². The van der Waals surface area contributed by atoms with Gasteiger partial charge in [0.25, 0.3) is 0 Å². The van der Waals surface area contributed by atoms with E-state index in [0.29, 0.717) is 17.4 Å². The summed E-state index contributed by atoms with van der Waals surface area (Å²) in [7, 11) is -1.69. The van der Waals surface area contributed by atoms with Gasteiger partial charge in [-0.2, -0.15) is 0 Å². The van der Waals surface area contributed by atoms with E-state index < -0.39 is 10.0 Å². The van der Waals surface area contributed by atoms with E-state index in [9.17, 15) is 8.42 Å². The highest BCUT2D eigenvalue weighted by molar-refractivity contribution is 7.89. The third kappa shape index (κ3) is 2.29. The molecule has 0 aromatic carbocycles. The molecule has 4 nitrogen and oxygen atoms in total. The lowest BCUT2D eigenvalue weighted by molar-refractivity contribution is 0.452. The average Bonchev–Trinajstić information content (AvgIpc) is 2.92. The van der Waals surface area contributed by atoms with Gasteiger partial charge >= 0.3 is 0 Å². The zero-order valence-electron chi connectivity index (χ0n) is 9.22. The maximum Gasteiger partial charge on any atom is 0.243 e. The number of nitrogens with two attached hydrogens (primary N) is 1. The van der Waals surface area contributed by atoms with E-state index in [-0.39, 0.29) is 6.54 Å². The van der Waals surface area contributed by atoms with Gasteiger partial charge in [0.15, 0.2) is 0 Å². The first-order valence-corrected chi connectivity index (χ1v) is 7.60. The van der Waals surface area contributed by atoms with Gasteiger partial charge in [-0.15, -0.1) is 11.3 Å². The van der Waals surface area contributed by atoms with Crippen LogP contribution in [-0.2, 0) is 16.6 Å². The second-order valence-corrected chi connectivity index (χ2v) is 7.16. The van der Waals surface area contributed by atoms with E-state index in [1.165, 1.54) is 15.6 Å². The third-order valence-corrected chi connectivity index (χ3v) is 5.77. The standard InChI is InChI=1S/C10H16N2O2S2/c1-12(7-8-2-3-8)16(13,14)10-4-5-15-9(10)6-11/h4-5,8H,2-3,6-7,11H2,1H3. The van der Waals surface area contributed by atoms with Crippen LogP contribution >= 0.6 is 11.3 Å². The molecule has 16 heavy (non-hydrogen) atoms. The minimum absolute atomic E-state index is 0.281. The van der Waals surface area contributed by atoms with Gasteiger partial charge in [-0.05, 0) is 30.2 Å². The molecule has 0 amide bonds.